The van der Waals surface area contributed by atoms with Crippen LogP contribution in [0, 0.1) is 29.4 Å². The normalized spacial score (nSPS) is 26.1. The van der Waals surface area contributed by atoms with Gasteiger partial charge in [0.15, 0.2) is 0 Å². The lowest BCUT2D eigenvalue weighted by atomic mass is 9.48. The molecule has 0 atom stereocenters. The molecule has 0 bridgehead atoms. The highest BCUT2D eigenvalue weighted by atomic mass is 19.1. The number of nitrogens with one attached hydrogen (secondary N) is 1. The first-order chi connectivity index (χ1) is 9.51. The SMILES string of the molecule is Cc1ccc(F)c(C(=O)NC2C(C)(C)C(N)C2(C)C)c1F. The van der Waals surface area contributed by atoms with Gasteiger partial charge in [0.25, 0.3) is 5.91 Å². The fraction of sp³-hybridized carbons (Fsp3) is 0.562. The van der Waals surface area contributed by atoms with Gasteiger partial charge in [-0.05, 0) is 18.6 Å². The Kier molecular flexibility index (Phi) is 3.61. The van der Waals surface area contributed by atoms with Crippen LogP contribution in [0.25, 0.3) is 0 Å². The van der Waals surface area contributed by atoms with Crippen LogP contribution in [0.5, 0.6) is 0 Å². The van der Waals surface area contributed by atoms with Crippen LogP contribution in [0.1, 0.15) is 43.6 Å². The third-order valence-corrected chi connectivity index (χ3v) is 4.88. The quantitative estimate of drug-likeness (QED) is 0.881. The van der Waals surface area contributed by atoms with Gasteiger partial charge in [-0.2, -0.15) is 0 Å². The van der Waals surface area contributed by atoms with Crippen molar-refractivity contribution >= 4 is 5.91 Å². The van der Waals surface area contributed by atoms with Gasteiger partial charge in [-0.1, -0.05) is 33.8 Å². The molecule has 3 nitrogen and oxygen atoms in total. The van der Waals surface area contributed by atoms with Crippen LogP contribution >= 0.6 is 0 Å². The Bertz CT molecular complexity index is 580. The molecule has 1 fully saturated rings. The first-order valence-electron chi connectivity index (χ1n) is 7.02. The molecule has 1 amide bonds. The van der Waals surface area contributed by atoms with E-state index in [4.69, 9.17) is 5.73 Å². The summed E-state index contributed by atoms with van der Waals surface area (Å²) in [5.74, 6) is -2.40. The lowest BCUT2D eigenvalue weighted by Gasteiger charge is -2.62. The summed E-state index contributed by atoms with van der Waals surface area (Å²) in [6.07, 6.45) is 0. The topological polar surface area (TPSA) is 55.1 Å². The molecule has 1 saturated carbocycles. The molecule has 21 heavy (non-hydrogen) atoms. The summed E-state index contributed by atoms with van der Waals surface area (Å²) in [6.45, 7) is 9.26. The lowest BCUT2D eigenvalue weighted by Crippen LogP contribution is -2.76. The van der Waals surface area contributed by atoms with Crippen molar-refractivity contribution in [2.24, 2.45) is 16.6 Å². The molecule has 5 heteroatoms. The predicted octanol–water partition coefficient (Wildman–Crippen LogP) is 2.76. The monoisotopic (exact) mass is 296 g/mol. The molecular formula is C16H22F2N2O. The van der Waals surface area contributed by atoms with Crippen molar-refractivity contribution in [1.82, 2.24) is 5.32 Å². The van der Waals surface area contributed by atoms with E-state index in [9.17, 15) is 13.6 Å². The zero-order valence-electron chi connectivity index (χ0n) is 13.1. The van der Waals surface area contributed by atoms with E-state index in [1.807, 2.05) is 27.7 Å². The zero-order valence-corrected chi connectivity index (χ0v) is 13.1. The van der Waals surface area contributed by atoms with Crippen LogP contribution in [0.4, 0.5) is 8.78 Å². The van der Waals surface area contributed by atoms with Crippen molar-refractivity contribution in [3.63, 3.8) is 0 Å². The summed E-state index contributed by atoms with van der Waals surface area (Å²) in [7, 11) is 0. The molecule has 1 aromatic rings. The molecule has 0 radical (unpaired) electrons. The highest BCUT2D eigenvalue weighted by molar-refractivity contribution is 5.95. The maximum Gasteiger partial charge on any atom is 0.257 e. The van der Waals surface area contributed by atoms with Crippen LogP contribution in [-0.2, 0) is 0 Å². The third-order valence-electron chi connectivity index (χ3n) is 4.88. The molecule has 0 aromatic heterocycles. The lowest BCUT2D eigenvalue weighted by molar-refractivity contribution is -0.0664. The summed E-state index contributed by atoms with van der Waals surface area (Å²) in [5.41, 5.74) is 5.19. The Labute approximate surface area is 123 Å². The Morgan fingerprint density at radius 2 is 1.71 bits per heavy atom. The Balaban J connectivity index is 2.30. The molecule has 1 aliphatic carbocycles. The van der Waals surface area contributed by atoms with Crippen LogP contribution in [0.2, 0.25) is 0 Å². The third kappa shape index (κ3) is 2.24. The van der Waals surface area contributed by atoms with E-state index in [-0.39, 0.29) is 28.5 Å². The molecule has 116 valence electrons. The second-order valence-electron chi connectivity index (χ2n) is 7.08. The zero-order chi connectivity index (χ0) is 16.2. The summed E-state index contributed by atoms with van der Waals surface area (Å²) in [5, 5.41) is 2.75. The van der Waals surface area contributed by atoms with E-state index in [0.29, 0.717) is 0 Å². The number of aryl methyl sites for hydroxylation is 1. The first-order valence-corrected chi connectivity index (χ1v) is 7.02. The van der Waals surface area contributed by atoms with E-state index >= 15 is 0 Å². The Morgan fingerprint density at radius 1 is 1.19 bits per heavy atom. The maximum atomic E-state index is 14.0. The highest BCUT2D eigenvalue weighted by Crippen LogP contribution is 2.52. The van der Waals surface area contributed by atoms with Crippen LogP contribution in [0.15, 0.2) is 12.1 Å². The molecule has 3 N–H and O–H groups in total. The molecule has 1 aromatic carbocycles. The van der Waals surface area contributed by atoms with Crippen molar-refractivity contribution in [1.29, 1.82) is 0 Å². The molecule has 2 rings (SSSR count). The summed E-state index contributed by atoms with van der Waals surface area (Å²) < 4.78 is 27.8. The van der Waals surface area contributed by atoms with Gasteiger partial charge in [0, 0.05) is 22.9 Å². The van der Waals surface area contributed by atoms with Gasteiger partial charge in [-0.15, -0.1) is 0 Å². The van der Waals surface area contributed by atoms with E-state index in [1.54, 1.807) is 0 Å². The molecule has 0 heterocycles. The van der Waals surface area contributed by atoms with Gasteiger partial charge in [-0.3, -0.25) is 4.79 Å². The minimum atomic E-state index is -0.852. The van der Waals surface area contributed by atoms with Crippen molar-refractivity contribution < 1.29 is 13.6 Å². The smallest absolute Gasteiger partial charge is 0.257 e. The largest absolute Gasteiger partial charge is 0.348 e. The number of amides is 1. The van der Waals surface area contributed by atoms with Crippen LogP contribution in [0.3, 0.4) is 0 Å². The van der Waals surface area contributed by atoms with Crippen LogP contribution < -0.4 is 11.1 Å². The number of benzene rings is 1. The molecule has 0 unspecified atom stereocenters. The van der Waals surface area contributed by atoms with Gasteiger partial charge < -0.3 is 11.1 Å². The highest BCUT2D eigenvalue weighted by Gasteiger charge is 2.60. The fourth-order valence-corrected chi connectivity index (χ4v) is 3.62. The second-order valence-corrected chi connectivity index (χ2v) is 7.08. The van der Waals surface area contributed by atoms with Crippen molar-refractivity contribution in [2.75, 3.05) is 0 Å². The number of hydrogen-bond acceptors (Lipinski definition) is 2. The Morgan fingerprint density at radius 3 is 2.24 bits per heavy atom. The minimum absolute atomic E-state index is 0.0949. The van der Waals surface area contributed by atoms with Crippen molar-refractivity contribution in [2.45, 2.75) is 46.7 Å². The van der Waals surface area contributed by atoms with Gasteiger partial charge in [0.05, 0.1) is 0 Å². The van der Waals surface area contributed by atoms with E-state index < -0.39 is 23.1 Å². The standard InChI is InChI=1S/C16H22F2N2O/c1-8-6-7-9(17)10(11(8)18)12(21)20-14-15(2,3)13(19)16(14,4)5/h6-7,13-14H,19H2,1-5H3,(H,20,21). The van der Waals surface area contributed by atoms with Gasteiger partial charge in [0.2, 0.25) is 0 Å². The summed E-state index contributed by atoms with van der Waals surface area (Å²) >= 11 is 0. The van der Waals surface area contributed by atoms with E-state index in [1.165, 1.54) is 13.0 Å². The second kappa shape index (κ2) is 4.77. The number of carbonyl (C=O) groups is 1. The number of hydrogen-bond donors (Lipinski definition) is 2. The number of nitrogens with two attached hydrogens (primary N) is 1. The molecular weight excluding hydrogens is 274 g/mol. The number of halogens is 2. The predicted molar refractivity (Wildman–Crippen MR) is 77.9 cm³/mol. The summed E-state index contributed by atoms with van der Waals surface area (Å²) in [4.78, 5) is 12.3. The van der Waals surface area contributed by atoms with Gasteiger partial charge in [0.1, 0.15) is 17.2 Å². The molecule has 0 spiro atoms. The van der Waals surface area contributed by atoms with Gasteiger partial charge >= 0.3 is 0 Å². The average Bonchev–Trinajstić information content (AvgIpc) is 2.39. The number of carbonyl (C=O) groups excluding carboxylic acids is 1. The summed E-state index contributed by atoms with van der Waals surface area (Å²) in [6, 6.07) is 2.08. The average molecular weight is 296 g/mol. The number of rotatable bonds is 2. The molecule has 1 aliphatic rings. The van der Waals surface area contributed by atoms with Gasteiger partial charge in [-0.25, -0.2) is 8.78 Å². The molecule has 0 aliphatic heterocycles. The van der Waals surface area contributed by atoms with Crippen LogP contribution in [-0.4, -0.2) is 18.0 Å². The minimum Gasteiger partial charge on any atom is -0.348 e. The van der Waals surface area contributed by atoms with E-state index in [0.717, 1.165) is 6.07 Å². The van der Waals surface area contributed by atoms with Crippen molar-refractivity contribution in [3.05, 3.63) is 34.9 Å². The Hall–Kier alpha value is -1.49. The van der Waals surface area contributed by atoms with Crippen molar-refractivity contribution in [3.8, 4) is 0 Å². The first kappa shape index (κ1) is 15.9. The maximum absolute atomic E-state index is 14.0. The fourth-order valence-electron chi connectivity index (χ4n) is 3.62. The molecule has 0 saturated heterocycles. The van der Waals surface area contributed by atoms with E-state index in [2.05, 4.69) is 5.32 Å².